The maximum absolute atomic E-state index is 10.9. The van der Waals surface area contributed by atoms with E-state index in [9.17, 15) is 4.79 Å². The molecule has 1 heterocycles. The standard InChI is InChI=1S/C11H15NO3/c1-3-10(11(13)14)8-5-9(15-4-2)7-12-6-8/h5-7,10H,3-4H2,1-2H3,(H,13,14). The monoisotopic (exact) mass is 209 g/mol. The van der Waals surface area contributed by atoms with Gasteiger partial charge in [0, 0.05) is 6.20 Å². The van der Waals surface area contributed by atoms with E-state index >= 15 is 0 Å². The van der Waals surface area contributed by atoms with E-state index in [1.807, 2.05) is 13.8 Å². The number of hydrogen-bond acceptors (Lipinski definition) is 3. The van der Waals surface area contributed by atoms with Gasteiger partial charge in [0.1, 0.15) is 5.75 Å². The van der Waals surface area contributed by atoms with Crippen LogP contribution in [0.2, 0.25) is 0 Å². The Morgan fingerprint density at radius 3 is 2.80 bits per heavy atom. The molecule has 4 nitrogen and oxygen atoms in total. The molecule has 0 saturated carbocycles. The van der Waals surface area contributed by atoms with Crippen LogP contribution in [0.15, 0.2) is 18.5 Å². The van der Waals surface area contributed by atoms with Crippen molar-refractivity contribution in [1.82, 2.24) is 4.98 Å². The quantitative estimate of drug-likeness (QED) is 0.806. The van der Waals surface area contributed by atoms with Crippen LogP contribution >= 0.6 is 0 Å². The lowest BCUT2D eigenvalue weighted by molar-refractivity contribution is -0.138. The molecule has 0 radical (unpaired) electrons. The van der Waals surface area contributed by atoms with E-state index in [1.165, 1.54) is 0 Å². The second-order valence-electron chi connectivity index (χ2n) is 3.19. The van der Waals surface area contributed by atoms with Gasteiger partial charge in [0.2, 0.25) is 0 Å². The van der Waals surface area contributed by atoms with Crippen LogP contribution in [0.1, 0.15) is 31.7 Å². The van der Waals surface area contributed by atoms with E-state index < -0.39 is 11.9 Å². The molecule has 1 aromatic heterocycles. The average Bonchev–Trinajstić information content (AvgIpc) is 2.19. The molecule has 4 heteroatoms. The van der Waals surface area contributed by atoms with Gasteiger partial charge in [-0.2, -0.15) is 0 Å². The zero-order chi connectivity index (χ0) is 11.3. The lowest BCUT2D eigenvalue weighted by atomic mass is 9.98. The highest BCUT2D eigenvalue weighted by Gasteiger charge is 2.18. The van der Waals surface area contributed by atoms with Gasteiger partial charge in [-0.15, -0.1) is 0 Å². The summed E-state index contributed by atoms with van der Waals surface area (Å²) in [6, 6.07) is 1.73. The van der Waals surface area contributed by atoms with Crippen molar-refractivity contribution in [1.29, 1.82) is 0 Å². The summed E-state index contributed by atoms with van der Waals surface area (Å²) in [7, 11) is 0. The van der Waals surface area contributed by atoms with Crippen molar-refractivity contribution in [2.45, 2.75) is 26.2 Å². The van der Waals surface area contributed by atoms with Crippen LogP contribution in [0.5, 0.6) is 5.75 Å². The molecule has 0 spiro atoms. The van der Waals surface area contributed by atoms with Crippen LogP contribution in [0, 0.1) is 0 Å². The lowest BCUT2D eigenvalue weighted by Gasteiger charge is -2.10. The number of carboxylic acid groups (broad SMARTS) is 1. The van der Waals surface area contributed by atoms with Gasteiger partial charge in [-0.05, 0) is 25.0 Å². The molecule has 82 valence electrons. The number of nitrogens with zero attached hydrogens (tertiary/aromatic N) is 1. The van der Waals surface area contributed by atoms with Gasteiger partial charge in [-0.3, -0.25) is 9.78 Å². The Morgan fingerprint density at radius 2 is 2.27 bits per heavy atom. The van der Waals surface area contributed by atoms with Gasteiger partial charge in [-0.1, -0.05) is 6.92 Å². The van der Waals surface area contributed by atoms with E-state index in [2.05, 4.69) is 4.98 Å². The second kappa shape index (κ2) is 5.34. The Morgan fingerprint density at radius 1 is 1.53 bits per heavy atom. The highest BCUT2D eigenvalue weighted by atomic mass is 16.5. The number of carboxylic acids is 1. The average molecular weight is 209 g/mol. The molecule has 1 rings (SSSR count). The maximum Gasteiger partial charge on any atom is 0.311 e. The molecule has 1 unspecified atom stereocenters. The minimum atomic E-state index is -0.826. The van der Waals surface area contributed by atoms with E-state index in [0.29, 0.717) is 24.3 Å². The molecule has 1 aromatic rings. The Balaban J connectivity index is 2.92. The molecule has 0 saturated heterocycles. The number of aliphatic carboxylic acids is 1. The van der Waals surface area contributed by atoms with Crippen LogP contribution in [0.25, 0.3) is 0 Å². The van der Waals surface area contributed by atoms with Gasteiger partial charge < -0.3 is 9.84 Å². The van der Waals surface area contributed by atoms with E-state index in [1.54, 1.807) is 18.5 Å². The predicted octanol–water partition coefficient (Wildman–Crippen LogP) is 2.06. The van der Waals surface area contributed by atoms with Crippen molar-refractivity contribution in [3.63, 3.8) is 0 Å². The molecule has 0 aliphatic heterocycles. The zero-order valence-corrected chi connectivity index (χ0v) is 8.93. The van der Waals surface area contributed by atoms with Crippen molar-refractivity contribution < 1.29 is 14.6 Å². The summed E-state index contributed by atoms with van der Waals surface area (Å²) in [6.07, 6.45) is 3.71. The summed E-state index contributed by atoms with van der Waals surface area (Å²) in [6.45, 7) is 4.27. The number of hydrogen-bond donors (Lipinski definition) is 1. The van der Waals surface area contributed by atoms with Crippen molar-refractivity contribution in [3.05, 3.63) is 24.0 Å². The molecule has 1 N–H and O–H groups in total. The highest BCUT2D eigenvalue weighted by Crippen LogP contribution is 2.22. The number of carbonyl (C=O) groups is 1. The molecule has 1 atom stereocenters. The summed E-state index contributed by atoms with van der Waals surface area (Å²) in [5.41, 5.74) is 0.691. The van der Waals surface area contributed by atoms with E-state index in [0.717, 1.165) is 0 Å². The Labute approximate surface area is 88.9 Å². The largest absolute Gasteiger partial charge is 0.492 e. The number of rotatable bonds is 5. The smallest absolute Gasteiger partial charge is 0.311 e. The van der Waals surface area contributed by atoms with Gasteiger partial charge in [-0.25, -0.2) is 0 Å². The van der Waals surface area contributed by atoms with Gasteiger partial charge >= 0.3 is 5.97 Å². The summed E-state index contributed by atoms with van der Waals surface area (Å²) in [4.78, 5) is 14.9. The SMILES string of the molecule is CCOc1cncc(C(CC)C(=O)O)c1. The fourth-order valence-corrected chi connectivity index (χ4v) is 1.42. The van der Waals surface area contributed by atoms with Gasteiger partial charge in [0.05, 0.1) is 18.7 Å². The lowest BCUT2D eigenvalue weighted by Crippen LogP contribution is -2.10. The summed E-state index contributed by atoms with van der Waals surface area (Å²) in [5, 5.41) is 8.98. The molecular formula is C11H15NO3. The molecule has 0 bridgehead atoms. The molecule has 15 heavy (non-hydrogen) atoms. The Hall–Kier alpha value is -1.58. The molecular weight excluding hydrogens is 194 g/mol. The summed E-state index contributed by atoms with van der Waals surface area (Å²) in [5.74, 6) is -0.708. The number of pyridine rings is 1. The molecule has 0 aliphatic carbocycles. The Kier molecular flexibility index (Phi) is 4.09. The molecule has 0 aromatic carbocycles. The third kappa shape index (κ3) is 2.94. The second-order valence-corrected chi connectivity index (χ2v) is 3.19. The van der Waals surface area contributed by atoms with Gasteiger partial charge in [0.25, 0.3) is 0 Å². The molecule has 0 fully saturated rings. The normalized spacial score (nSPS) is 12.1. The van der Waals surface area contributed by atoms with Gasteiger partial charge in [0.15, 0.2) is 0 Å². The van der Waals surface area contributed by atoms with Crippen LogP contribution in [0.4, 0.5) is 0 Å². The summed E-state index contributed by atoms with van der Waals surface area (Å²) >= 11 is 0. The van der Waals surface area contributed by atoms with Crippen LogP contribution in [-0.2, 0) is 4.79 Å². The van der Waals surface area contributed by atoms with Crippen LogP contribution in [0.3, 0.4) is 0 Å². The highest BCUT2D eigenvalue weighted by molar-refractivity contribution is 5.75. The predicted molar refractivity (Wildman–Crippen MR) is 56.1 cm³/mol. The van der Waals surface area contributed by atoms with Crippen molar-refractivity contribution in [2.24, 2.45) is 0 Å². The molecule has 0 amide bonds. The zero-order valence-electron chi connectivity index (χ0n) is 8.93. The van der Waals surface area contributed by atoms with E-state index in [4.69, 9.17) is 9.84 Å². The fourth-order valence-electron chi connectivity index (χ4n) is 1.42. The third-order valence-electron chi connectivity index (χ3n) is 2.15. The van der Waals surface area contributed by atoms with Crippen molar-refractivity contribution in [2.75, 3.05) is 6.61 Å². The van der Waals surface area contributed by atoms with E-state index in [-0.39, 0.29) is 0 Å². The number of aromatic nitrogens is 1. The van der Waals surface area contributed by atoms with Crippen molar-refractivity contribution >= 4 is 5.97 Å². The minimum absolute atomic E-state index is 0.502. The first kappa shape index (κ1) is 11.5. The fraction of sp³-hybridized carbons (Fsp3) is 0.455. The number of ether oxygens (including phenoxy) is 1. The summed E-state index contributed by atoms with van der Waals surface area (Å²) < 4.78 is 5.27. The van der Waals surface area contributed by atoms with Crippen molar-refractivity contribution in [3.8, 4) is 5.75 Å². The first-order valence-corrected chi connectivity index (χ1v) is 4.99. The topological polar surface area (TPSA) is 59.4 Å². The molecule has 0 aliphatic rings. The first-order chi connectivity index (χ1) is 7.19. The maximum atomic E-state index is 10.9. The first-order valence-electron chi connectivity index (χ1n) is 4.99. The Bertz CT molecular complexity index is 338. The van der Waals surface area contributed by atoms with Crippen LogP contribution in [-0.4, -0.2) is 22.7 Å². The van der Waals surface area contributed by atoms with Crippen LogP contribution < -0.4 is 4.74 Å². The minimum Gasteiger partial charge on any atom is -0.492 e. The third-order valence-corrected chi connectivity index (χ3v) is 2.15.